The third-order valence-electron chi connectivity index (χ3n) is 7.63. The van der Waals surface area contributed by atoms with Gasteiger partial charge in [-0.25, -0.2) is 22.0 Å². The Kier molecular flexibility index (Phi) is 7.47. The molecule has 3 heterocycles. The molecule has 0 radical (unpaired) electrons. The number of fused-ring (bicyclic) bond motifs is 3. The van der Waals surface area contributed by atoms with Crippen molar-refractivity contribution >= 4 is 10.9 Å². The lowest BCUT2D eigenvalue weighted by atomic mass is 9.86. The van der Waals surface area contributed by atoms with Gasteiger partial charge in [-0.1, -0.05) is 12.1 Å². The van der Waals surface area contributed by atoms with Crippen molar-refractivity contribution in [3.63, 3.8) is 0 Å². The van der Waals surface area contributed by atoms with E-state index in [1.165, 1.54) is 17.0 Å². The van der Waals surface area contributed by atoms with Gasteiger partial charge in [0, 0.05) is 48.7 Å². The monoisotopic (exact) mass is 541 g/mol. The van der Waals surface area contributed by atoms with E-state index in [0.717, 1.165) is 12.1 Å². The number of rotatable bonds is 9. The third kappa shape index (κ3) is 4.92. The smallest absolute Gasteiger partial charge is 0.283 e. The van der Waals surface area contributed by atoms with Crippen LogP contribution in [0.2, 0.25) is 0 Å². The molecule has 1 saturated heterocycles. The van der Waals surface area contributed by atoms with E-state index < -0.39 is 60.9 Å². The highest BCUT2D eigenvalue weighted by Gasteiger charge is 2.41. The maximum absolute atomic E-state index is 15.6. The van der Waals surface area contributed by atoms with Crippen molar-refractivity contribution in [1.82, 2.24) is 14.8 Å². The molecule has 5 rings (SSSR count). The van der Waals surface area contributed by atoms with Gasteiger partial charge in [-0.2, -0.15) is 0 Å². The fourth-order valence-corrected chi connectivity index (χ4v) is 5.76. The van der Waals surface area contributed by atoms with Crippen molar-refractivity contribution in [2.24, 2.45) is 5.92 Å². The fraction of sp³-hybridized carbons (Fsp3) is 0.481. The first kappa shape index (κ1) is 27.0. The fourth-order valence-electron chi connectivity index (χ4n) is 5.76. The zero-order valence-corrected chi connectivity index (χ0v) is 20.5. The Hall–Kier alpha value is -2.60. The molecular weight excluding hydrogens is 512 g/mol. The summed E-state index contributed by atoms with van der Waals surface area (Å²) < 4.78 is 86.8. The maximum atomic E-state index is 15.6. The quantitative estimate of drug-likeness (QED) is 0.350. The van der Waals surface area contributed by atoms with Crippen LogP contribution >= 0.6 is 0 Å². The number of aromatic nitrogens is 1. The number of nitrogens with one attached hydrogen (secondary N) is 1. The van der Waals surface area contributed by atoms with Crippen molar-refractivity contribution in [1.29, 1.82) is 0 Å². The van der Waals surface area contributed by atoms with E-state index in [9.17, 15) is 22.7 Å². The number of halogens is 6. The van der Waals surface area contributed by atoms with Crippen LogP contribution in [0.5, 0.6) is 0 Å². The Morgan fingerprint density at radius 1 is 1.08 bits per heavy atom. The Morgan fingerprint density at radius 2 is 1.79 bits per heavy atom. The summed E-state index contributed by atoms with van der Waals surface area (Å²) in [5.41, 5.74) is 0.427. The summed E-state index contributed by atoms with van der Waals surface area (Å²) in [7, 11) is 0. The molecule has 0 amide bonds. The van der Waals surface area contributed by atoms with Gasteiger partial charge in [0.2, 0.25) is 0 Å². The Bertz CT molecular complexity index is 1290. The minimum atomic E-state index is -3.53. The number of aliphatic hydroxyl groups is 2. The van der Waals surface area contributed by atoms with E-state index in [0.29, 0.717) is 37.0 Å². The molecule has 2 atom stereocenters. The van der Waals surface area contributed by atoms with Crippen LogP contribution in [-0.4, -0.2) is 76.9 Å². The van der Waals surface area contributed by atoms with Crippen LogP contribution in [0.25, 0.3) is 10.9 Å². The topological polar surface area (TPSA) is 62.7 Å². The Balaban J connectivity index is 1.52. The molecule has 0 saturated carbocycles. The molecule has 2 aromatic carbocycles. The van der Waals surface area contributed by atoms with Crippen LogP contribution < -0.4 is 0 Å². The van der Waals surface area contributed by atoms with Gasteiger partial charge in [0.15, 0.2) is 0 Å². The summed E-state index contributed by atoms with van der Waals surface area (Å²) in [6.07, 6.45) is -0.556. The number of H-pyrrole nitrogens is 1. The molecule has 0 aliphatic carbocycles. The predicted octanol–water partition coefficient (Wildman–Crippen LogP) is 4.49. The summed E-state index contributed by atoms with van der Waals surface area (Å²) >= 11 is 0. The molecule has 11 heteroatoms. The molecule has 0 spiro atoms. The van der Waals surface area contributed by atoms with Gasteiger partial charge < -0.3 is 20.1 Å². The van der Waals surface area contributed by atoms with E-state index in [-0.39, 0.29) is 35.7 Å². The average Bonchev–Trinajstić information content (AvgIpc) is 3.23. The minimum absolute atomic E-state index is 0.00321. The lowest BCUT2D eigenvalue weighted by molar-refractivity contribution is -0.0791. The van der Waals surface area contributed by atoms with Crippen LogP contribution in [-0.2, 0) is 6.42 Å². The molecule has 1 aromatic heterocycles. The van der Waals surface area contributed by atoms with Crippen LogP contribution in [0.4, 0.5) is 26.3 Å². The molecule has 5 nitrogen and oxygen atoms in total. The number of benzene rings is 2. The normalized spacial score (nSPS) is 20.1. The van der Waals surface area contributed by atoms with Crippen molar-refractivity contribution < 1.29 is 36.6 Å². The summed E-state index contributed by atoms with van der Waals surface area (Å²) in [6, 6.07) is 5.07. The third-order valence-corrected chi connectivity index (χ3v) is 7.63. The molecule has 2 aliphatic heterocycles. The lowest BCUT2D eigenvalue weighted by Crippen LogP contribution is -2.49. The maximum Gasteiger partial charge on any atom is 0.283 e. The Morgan fingerprint density at radius 3 is 2.45 bits per heavy atom. The van der Waals surface area contributed by atoms with E-state index in [1.807, 2.05) is 4.90 Å². The second-order valence-electron chi connectivity index (χ2n) is 10.2. The highest BCUT2D eigenvalue weighted by Crippen LogP contribution is 2.42. The number of hydrogen-bond acceptors (Lipinski definition) is 4. The average molecular weight is 542 g/mol. The first-order valence-electron chi connectivity index (χ1n) is 12.6. The number of hydrogen-bond donors (Lipinski definition) is 3. The van der Waals surface area contributed by atoms with Gasteiger partial charge in [-0.05, 0) is 42.2 Å². The number of likely N-dealkylation sites (tertiary alicyclic amines) is 1. The Labute approximate surface area is 215 Å². The molecule has 2 aliphatic rings. The van der Waals surface area contributed by atoms with Crippen molar-refractivity contribution in [3.05, 3.63) is 70.2 Å². The molecular formula is C27H29F6N3O2. The highest BCUT2D eigenvalue weighted by molar-refractivity contribution is 5.86. The van der Waals surface area contributed by atoms with E-state index >= 15 is 8.78 Å². The molecule has 1 fully saturated rings. The zero-order chi connectivity index (χ0) is 27.2. The highest BCUT2D eigenvalue weighted by atomic mass is 19.3. The first-order chi connectivity index (χ1) is 18.1. The van der Waals surface area contributed by atoms with Crippen LogP contribution in [0.3, 0.4) is 0 Å². The van der Waals surface area contributed by atoms with Gasteiger partial charge >= 0.3 is 0 Å². The molecule has 38 heavy (non-hydrogen) atoms. The van der Waals surface area contributed by atoms with Crippen LogP contribution in [0, 0.1) is 23.4 Å². The molecule has 0 unspecified atom stereocenters. The number of aromatic amines is 1. The van der Waals surface area contributed by atoms with Crippen molar-refractivity contribution in [2.75, 3.05) is 46.0 Å². The molecule has 3 N–H and O–H groups in total. The number of aliphatic hydroxyl groups excluding tert-OH is 2. The van der Waals surface area contributed by atoms with Gasteiger partial charge in [0.25, 0.3) is 5.92 Å². The number of alkyl halides is 3. The van der Waals surface area contributed by atoms with E-state index in [1.54, 1.807) is 6.07 Å². The van der Waals surface area contributed by atoms with Gasteiger partial charge in [-0.15, -0.1) is 0 Å². The van der Waals surface area contributed by atoms with Crippen LogP contribution in [0.1, 0.15) is 41.0 Å². The van der Waals surface area contributed by atoms with Crippen molar-refractivity contribution in [3.8, 4) is 0 Å². The van der Waals surface area contributed by atoms with E-state index in [2.05, 4.69) is 4.98 Å². The lowest BCUT2D eigenvalue weighted by Gasteiger charge is -2.42. The van der Waals surface area contributed by atoms with Gasteiger partial charge in [-0.3, -0.25) is 9.29 Å². The zero-order valence-electron chi connectivity index (χ0n) is 20.5. The second kappa shape index (κ2) is 10.5. The van der Waals surface area contributed by atoms with Gasteiger partial charge in [0.05, 0.1) is 30.9 Å². The standard InChI is InChI=1S/C27H29F6N3O2/c28-6-2-7-35-11-16(12-35)26(38)15-9-20(30)22(21(31)10-15)25-24-18(5-8-36(25)13-27(32,33)14-37)17-3-1-4-19(29)23(17)34-24/h1,3-4,9-10,16,25-26,34,37-38H,2,5-8,11-14H2/t25-,26+/m0/s1. The van der Waals surface area contributed by atoms with Crippen LogP contribution in [0.15, 0.2) is 30.3 Å². The summed E-state index contributed by atoms with van der Waals surface area (Å²) in [5, 5.41) is 20.4. The summed E-state index contributed by atoms with van der Waals surface area (Å²) in [4.78, 5) is 5.99. The molecule has 3 aromatic rings. The first-order valence-corrected chi connectivity index (χ1v) is 12.6. The summed E-state index contributed by atoms with van der Waals surface area (Å²) in [5.74, 6) is -6.45. The van der Waals surface area contributed by atoms with E-state index in [4.69, 9.17) is 5.11 Å². The molecule has 0 bridgehead atoms. The second-order valence-corrected chi connectivity index (χ2v) is 10.2. The summed E-state index contributed by atoms with van der Waals surface area (Å²) in [6.45, 7) is -1.41. The van der Waals surface area contributed by atoms with Gasteiger partial charge in [0.1, 0.15) is 24.1 Å². The largest absolute Gasteiger partial charge is 0.390 e. The van der Waals surface area contributed by atoms with Crippen molar-refractivity contribution in [2.45, 2.75) is 30.9 Å². The molecule has 206 valence electrons. The predicted molar refractivity (Wildman–Crippen MR) is 129 cm³/mol. The number of para-hydroxylation sites is 1. The minimum Gasteiger partial charge on any atom is -0.390 e. The SMILES string of the molecule is OCC(F)(F)CN1CCc2c([nH]c3c(F)cccc23)[C@@H]1c1c(F)cc([C@@H](O)C2CN(CCCF)C2)cc1F. The number of nitrogens with zero attached hydrogens (tertiary/aromatic N) is 2.